The molecule has 0 radical (unpaired) electrons. The number of nitrogen functional groups attached to an aromatic ring is 1. The number of amides is 1. The molecule has 2 aromatic rings. The van der Waals surface area contributed by atoms with Crippen LogP contribution in [0.4, 0.5) is 11.4 Å². The van der Waals surface area contributed by atoms with Gasteiger partial charge < -0.3 is 10.6 Å². The predicted molar refractivity (Wildman–Crippen MR) is 76.1 cm³/mol. The number of benzene rings is 1. The van der Waals surface area contributed by atoms with Gasteiger partial charge in [-0.2, -0.15) is 5.10 Å². The van der Waals surface area contributed by atoms with Gasteiger partial charge in [-0.1, -0.05) is 6.07 Å². The van der Waals surface area contributed by atoms with Crippen molar-refractivity contribution in [2.45, 2.75) is 13.8 Å². The van der Waals surface area contributed by atoms with Crippen LogP contribution in [-0.4, -0.2) is 22.2 Å². The molecule has 0 unspecified atom stereocenters. The molecule has 0 aliphatic rings. The fourth-order valence-electron chi connectivity index (χ4n) is 1.99. The molecule has 1 aromatic carbocycles. The van der Waals surface area contributed by atoms with E-state index >= 15 is 0 Å². The Bertz CT molecular complexity index is 603. The summed E-state index contributed by atoms with van der Waals surface area (Å²) >= 11 is 0. The van der Waals surface area contributed by atoms with Gasteiger partial charge in [0.05, 0.1) is 11.8 Å². The van der Waals surface area contributed by atoms with Gasteiger partial charge in [0, 0.05) is 30.7 Å². The van der Waals surface area contributed by atoms with Crippen molar-refractivity contribution in [2.24, 2.45) is 7.05 Å². The molecule has 1 aromatic heterocycles. The summed E-state index contributed by atoms with van der Waals surface area (Å²) in [5.41, 5.74) is 8.69. The molecular formula is C14H18N4O. The molecule has 1 heterocycles. The normalized spacial score (nSPS) is 10.5. The van der Waals surface area contributed by atoms with E-state index < -0.39 is 0 Å². The first-order valence-corrected chi connectivity index (χ1v) is 6.20. The Hall–Kier alpha value is -2.30. The Labute approximate surface area is 112 Å². The van der Waals surface area contributed by atoms with Crippen molar-refractivity contribution in [3.05, 3.63) is 41.7 Å². The molecule has 0 bridgehead atoms. The maximum absolute atomic E-state index is 12.6. The molecule has 2 rings (SSSR count). The van der Waals surface area contributed by atoms with Crippen LogP contribution in [0.15, 0.2) is 30.5 Å². The van der Waals surface area contributed by atoms with Crippen LogP contribution in [0.2, 0.25) is 0 Å². The minimum atomic E-state index is -0.0568. The molecule has 0 spiro atoms. The molecule has 1 amide bonds. The third-order valence-corrected chi connectivity index (χ3v) is 3.21. The number of carbonyl (C=O) groups excluding carboxylic acids is 1. The van der Waals surface area contributed by atoms with Gasteiger partial charge in [0.1, 0.15) is 0 Å². The summed E-state index contributed by atoms with van der Waals surface area (Å²) < 4.78 is 1.69. The molecule has 0 saturated carbocycles. The molecule has 0 aliphatic carbocycles. The van der Waals surface area contributed by atoms with E-state index in [4.69, 9.17) is 5.73 Å². The van der Waals surface area contributed by atoms with Crippen molar-refractivity contribution in [3.63, 3.8) is 0 Å². The summed E-state index contributed by atoms with van der Waals surface area (Å²) in [6.45, 7) is 4.40. The van der Waals surface area contributed by atoms with Crippen molar-refractivity contribution in [1.29, 1.82) is 0 Å². The highest BCUT2D eigenvalue weighted by Crippen LogP contribution is 2.20. The molecule has 5 heteroatoms. The summed E-state index contributed by atoms with van der Waals surface area (Å²) in [6, 6.07) is 7.32. The molecular weight excluding hydrogens is 240 g/mol. The van der Waals surface area contributed by atoms with Crippen molar-refractivity contribution < 1.29 is 4.79 Å². The zero-order valence-electron chi connectivity index (χ0n) is 11.4. The maximum Gasteiger partial charge on any atom is 0.261 e. The van der Waals surface area contributed by atoms with Gasteiger partial charge in [-0.15, -0.1) is 0 Å². The van der Waals surface area contributed by atoms with Crippen LogP contribution >= 0.6 is 0 Å². The minimum absolute atomic E-state index is 0.0568. The third-order valence-electron chi connectivity index (χ3n) is 3.21. The second-order valence-corrected chi connectivity index (χ2v) is 4.41. The first-order valence-electron chi connectivity index (χ1n) is 6.20. The van der Waals surface area contributed by atoms with E-state index in [1.54, 1.807) is 27.9 Å². The highest BCUT2D eigenvalue weighted by atomic mass is 16.2. The molecule has 19 heavy (non-hydrogen) atoms. The fourth-order valence-corrected chi connectivity index (χ4v) is 1.99. The average molecular weight is 258 g/mol. The lowest BCUT2D eigenvalue weighted by Crippen LogP contribution is -2.31. The average Bonchev–Trinajstić information content (AvgIpc) is 2.71. The molecule has 2 N–H and O–H groups in total. The van der Waals surface area contributed by atoms with Gasteiger partial charge in [-0.25, -0.2) is 0 Å². The van der Waals surface area contributed by atoms with Gasteiger partial charge in [0.25, 0.3) is 5.91 Å². The Kier molecular flexibility index (Phi) is 3.55. The van der Waals surface area contributed by atoms with Gasteiger partial charge >= 0.3 is 0 Å². The molecule has 100 valence electrons. The van der Waals surface area contributed by atoms with Crippen molar-refractivity contribution in [1.82, 2.24) is 9.78 Å². The number of carbonyl (C=O) groups is 1. The number of aromatic nitrogens is 2. The molecule has 0 aliphatic heterocycles. The van der Waals surface area contributed by atoms with Crippen LogP contribution in [-0.2, 0) is 7.05 Å². The number of nitrogens with two attached hydrogens (primary N) is 1. The number of hydrogen-bond acceptors (Lipinski definition) is 3. The standard InChI is InChI=1S/C14H18N4O/c1-4-18(12-7-5-6-11(15)8-12)14(19)13-9-16-17(3)10(13)2/h5-9H,4,15H2,1-3H3. The first-order chi connectivity index (χ1) is 9.04. The molecule has 5 nitrogen and oxygen atoms in total. The van der Waals surface area contributed by atoms with Crippen molar-refractivity contribution in [2.75, 3.05) is 17.2 Å². The highest BCUT2D eigenvalue weighted by molar-refractivity contribution is 6.06. The first kappa shape index (κ1) is 13.1. The number of anilines is 2. The zero-order valence-corrected chi connectivity index (χ0v) is 11.4. The number of hydrogen-bond donors (Lipinski definition) is 1. The van der Waals surface area contributed by atoms with E-state index in [1.165, 1.54) is 0 Å². The van der Waals surface area contributed by atoms with Crippen LogP contribution < -0.4 is 10.6 Å². The lowest BCUT2D eigenvalue weighted by atomic mass is 10.2. The molecule has 0 atom stereocenters. The van der Waals surface area contributed by atoms with Gasteiger partial charge in [0.15, 0.2) is 0 Å². The summed E-state index contributed by atoms with van der Waals surface area (Å²) in [7, 11) is 1.82. The third kappa shape index (κ3) is 2.45. The van der Waals surface area contributed by atoms with E-state index in [9.17, 15) is 4.79 Å². The monoisotopic (exact) mass is 258 g/mol. The van der Waals surface area contributed by atoms with E-state index in [1.807, 2.05) is 33.0 Å². The van der Waals surface area contributed by atoms with Gasteiger partial charge in [0.2, 0.25) is 0 Å². The smallest absolute Gasteiger partial charge is 0.261 e. The number of aryl methyl sites for hydroxylation is 1. The number of nitrogens with zero attached hydrogens (tertiary/aromatic N) is 3. The topological polar surface area (TPSA) is 64.2 Å². The van der Waals surface area contributed by atoms with E-state index in [0.29, 0.717) is 17.8 Å². The molecule has 0 fully saturated rings. The SMILES string of the molecule is CCN(C(=O)c1cnn(C)c1C)c1cccc(N)c1. The van der Waals surface area contributed by atoms with E-state index in [2.05, 4.69) is 5.10 Å². The quantitative estimate of drug-likeness (QED) is 0.856. The highest BCUT2D eigenvalue weighted by Gasteiger charge is 2.20. The van der Waals surface area contributed by atoms with Crippen molar-refractivity contribution >= 4 is 17.3 Å². The van der Waals surface area contributed by atoms with Crippen LogP contribution in [0.3, 0.4) is 0 Å². The van der Waals surface area contributed by atoms with Crippen LogP contribution in [0.25, 0.3) is 0 Å². The number of rotatable bonds is 3. The predicted octanol–water partition coefficient (Wildman–Crippen LogP) is 1.98. The zero-order chi connectivity index (χ0) is 14.0. The lowest BCUT2D eigenvalue weighted by molar-refractivity contribution is 0.0987. The summed E-state index contributed by atoms with van der Waals surface area (Å²) in [5, 5.41) is 4.11. The van der Waals surface area contributed by atoms with Gasteiger partial charge in [-0.05, 0) is 32.0 Å². The fraction of sp³-hybridized carbons (Fsp3) is 0.286. The van der Waals surface area contributed by atoms with Crippen LogP contribution in [0.1, 0.15) is 23.0 Å². The second kappa shape index (κ2) is 5.14. The maximum atomic E-state index is 12.6. The summed E-state index contributed by atoms with van der Waals surface area (Å²) in [4.78, 5) is 14.2. The largest absolute Gasteiger partial charge is 0.399 e. The van der Waals surface area contributed by atoms with Crippen LogP contribution in [0, 0.1) is 6.92 Å². The minimum Gasteiger partial charge on any atom is -0.399 e. The summed E-state index contributed by atoms with van der Waals surface area (Å²) in [6.07, 6.45) is 1.60. The summed E-state index contributed by atoms with van der Waals surface area (Å²) in [5.74, 6) is -0.0568. The Morgan fingerprint density at radius 1 is 1.47 bits per heavy atom. The second-order valence-electron chi connectivity index (χ2n) is 4.41. The Morgan fingerprint density at radius 3 is 2.74 bits per heavy atom. The Balaban J connectivity index is 2.37. The van der Waals surface area contributed by atoms with E-state index in [-0.39, 0.29) is 5.91 Å². The van der Waals surface area contributed by atoms with Crippen LogP contribution in [0.5, 0.6) is 0 Å². The lowest BCUT2D eigenvalue weighted by Gasteiger charge is -2.21. The Morgan fingerprint density at radius 2 is 2.21 bits per heavy atom. The molecule has 0 saturated heterocycles. The van der Waals surface area contributed by atoms with E-state index in [0.717, 1.165) is 11.4 Å². The van der Waals surface area contributed by atoms with Gasteiger partial charge in [-0.3, -0.25) is 9.48 Å². The van der Waals surface area contributed by atoms with Crippen molar-refractivity contribution in [3.8, 4) is 0 Å².